The van der Waals surface area contributed by atoms with Crippen LogP contribution >= 0.6 is 0 Å². The molecule has 192 valence electrons. The van der Waals surface area contributed by atoms with Gasteiger partial charge in [0.15, 0.2) is 13.7 Å². The number of unbranched alkanes of at least 4 members (excludes halogenated alkanes) is 3. The molecular formula is C27H50O5Si. The second-order valence-corrected chi connectivity index (χ2v) is 14.4. The van der Waals surface area contributed by atoms with Gasteiger partial charge in [-0.25, -0.2) is 0 Å². The fraction of sp³-hybridized carbons (Fsp3) is 0.815. The number of methoxy groups -OCH3 is 2. The zero-order valence-corrected chi connectivity index (χ0v) is 23.7. The lowest BCUT2D eigenvalue weighted by molar-refractivity contribution is -0.170. The third-order valence-corrected chi connectivity index (χ3v) is 10.7. The first-order valence-electron chi connectivity index (χ1n) is 12.8. The molecule has 0 aliphatic heterocycles. The molecule has 0 bridgehead atoms. The van der Waals surface area contributed by atoms with Crippen molar-refractivity contribution < 1.29 is 23.5 Å². The molecule has 0 N–H and O–H groups in total. The maximum Gasteiger partial charge on any atom is 0.323 e. The van der Waals surface area contributed by atoms with E-state index >= 15 is 0 Å². The van der Waals surface area contributed by atoms with E-state index in [2.05, 4.69) is 47.3 Å². The van der Waals surface area contributed by atoms with Crippen molar-refractivity contribution in [3.8, 4) is 0 Å². The third-order valence-electron chi connectivity index (χ3n) is 6.13. The van der Waals surface area contributed by atoms with Crippen molar-refractivity contribution in [3.05, 3.63) is 17.9 Å². The lowest BCUT2D eigenvalue weighted by Crippen LogP contribution is -2.44. The van der Waals surface area contributed by atoms with Crippen LogP contribution in [0.3, 0.4) is 0 Å². The Balaban J connectivity index is 5.83. The number of ether oxygens (including phenoxy) is 2. The minimum Gasteiger partial charge on any atom is -0.468 e. The van der Waals surface area contributed by atoms with Gasteiger partial charge in [0.2, 0.25) is 0 Å². The molecule has 33 heavy (non-hydrogen) atoms. The molecule has 0 saturated carbocycles. The van der Waals surface area contributed by atoms with Crippen LogP contribution in [0.4, 0.5) is 0 Å². The molecule has 0 heterocycles. The standard InChI is InChI=1S/C27H50O5Si/c1-9-12-21-33(22-13-10-2,23-14-11-3)32-20-19-27(24(28)30-7,25(29)31-8)18-16-15-17-26(4,5)6/h16-17H,9-14,18-23H2,1-8H3. The molecule has 0 atom stereocenters. The van der Waals surface area contributed by atoms with E-state index in [9.17, 15) is 9.59 Å². The Morgan fingerprint density at radius 3 is 1.67 bits per heavy atom. The van der Waals surface area contributed by atoms with Crippen molar-refractivity contribution >= 4 is 20.3 Å². The van der Waals surface area contributed by atoms with Crippen molar-refractivity contribution in [3.63, 3.8) is 0 Å². The topological polar surface area (TPSA) is 61.8 Å². The monoisotopic (exact) mass is 482 g/mol. The molecule has 0 spiro atoms. The highest BCUT2D eigenvalue weighted by atomic mass is 28.4. The normalized spacial score (nSPS) is 12.1. The molecular weight excluding hydrogens is 432 g/mol. The predicted molar refractivity (Wildman–Crippen MR) is 139 cm³/mol. The van der Waals surface area contributed by atoms with Crippen LogP contribution in [0.5, 0.6) is 0 Å². The molecule has 0 aliphatic carbocycles. The summed E-state index contributed by atoms with van der Waals surface area (Å²) in [5, 5.41) is 0. The van der Waals surface area contributed by atoms with Crippen molar-refractivity contribution in [2.24, 2.45) is 10.8 Å². The summed E-state index contributed by atoms with van der Waals surface area (Å²) < 4.78 is 16.9. The van der Waals surface area contributed by atoms with Crippen LogP contribution in [0.2, 0.25) is 18.1 Å². The molecule has 0 aromatic rings. The van der Waals surface area contributed by atoms with Gasteiger partial charge >= 0.3 is 11.9 Å². The van der Waals surface area contributed by atoms with E-state index in [-0.39, 0.29) is 18.3 Å². The average Bonchev–Trinajstić information content (AvgIpc) is 2.79. The van der Waals surface area contributed by atoms with Gasteiger partial charge in [0, 0.05) is 6.61 Å². The molecule has 0 saturated heterocycles. The largest absolute Gasteiger partial charge is 0.468 e. The first-order valence-corrected chi connectivity index (χ1v) is 15.3. The minimum absolute atomic E-state index is 0.0398. The number of carbonyl (C=O) groups excluding carboxylic acids is 2. The van der Waals surface area contributed by atoms with Crippen molar-refractivity contribution in [2.45, 2.75) is 111 Å². The van der Waals surface area contributed by atoms with Gasteiger partial charge in [0.1, 0.15) is 0 Å². The van der Waals surface area contributed by atoms with Crippen LogP contribution in [0.25, 0.3) is 0 Å². The summed E-state index contributed by atoms with van der Waals surface area (Å²) in [6.07, 6.45) is 11.0. The number of hydrogen-bond donors (Lipinski definition) is 0. The van der Waals surface area contributed by atoms with Crippen LogP contribution in [0.1, 0.15) is 92.9 Å². The van der Waals surface area contributed by atoms with E-state index in [1.807, 2.05) is 6.08 Å². The predicted octanol–water partition coefficient (Wildman–Crippen LogP) is 7.22. The van der Waals surface area contributed by atoms with E-state index in [0.29, 0.717) is 6.61 Å². The molecule has 5 nitrogen and oxygen atoms in total. The highest BCUT2D eigenvalue weighted by Crippen LogP contribution is 2.34. The summed E-state index contributed by atoms with van der Waals surface area (Å²) in [5.74, 6) is -1.15. The smallest absolute Gasteiger partial charge is 0.323 e. The number of esters is 2. The molecule has 0 aliphatic rings. The van der Waals surface area contributed by atoms with Gasteiger partial charge in [-0.2, -0.15) is 0 Å². The number of carbonyl (C=O) groups is 2. The minimum atomic E-state index is -1.95. The van der Waals surface area contributed by atoms with Gasteiger partial charge in [0.05, 0.1) is 14.2 Å². The van der Waals surface area contributed by atoms with Crippen molar-refractivity contribution in [1.29, 1.82) is 0 Å². The molecule has 0 amide bonds. The molecule has 0 unspecified atom stereocenters. The number of allylic oxidation sites excluding steroid dienone is 1. The highest BCUT2D eigenvalue weighted by molar-refractivity contribution is 6.73. The Bertz CT molecular complexity index is 591. The Hall–Kier alpha value is -1.36. The SMILES string of the molecule is CCCC[Si](CCCC)(CCCC)OCCC(CC=C=CC(C)(C)C)(C(=O)OC)C(=O)OC. The summed E-state index contributed by atoms with van der Waals surface area (Å²) in [5.41, 5.74) is 1.68. The molecule has 0 aromatic heterocycles. The first-order chi connectivity index (χ1) is 15.6. The van der Waals surface area contributed by atoms with Crippen LogP contribution < -0.4 is 0 Å². The van der Waals surface area contributed by atoms with Crippen molar-refractivity contribution in [1.82, 2.24) is 0 Å². The fourth-order valence-corrected chi connectivity index (χ4v) is 8.73. The van der Waals surface area contributed by atoms with Crippen LogP contribution in [0, 0.1) is 10.8 Å². The highest BCUT2D eigenvalue weighted by Gasteiger charge is 2.48. The molecule has 0 radical (unpaired) electrons. The zero-order valence-electron chi connectivity index (χ0n) is 22.7. The number of hydrogen-bond acceptors (Lipinski definition) is 5. The first kappa shape index (κ1) is 31.6. The molecule has 0 fully saturated rings. The van der Waals surface area contributed by atoms with Crippen molar-refractivity contribution in [2.75, 3.05) is 20.8 Å². The van der Waals surface area contributed by atoms with Crippen LogP contribution in [-0.2, 0) is 23.5 Å². The summed E-state index contributed by atoms with van der Waals surface area (Å²) >= 11 is 0. The second-order valence-electron chi connectivity index (χ2n) is 10.2. The van der Waals surface area contributed by atoms with Gasteiger partial charge in [-0.05, 0) is 48.5 Å². The molecule has 6 heteroatoms. The molecule has 0 rings (SSSR count). The maximum absolute atomic E-state index is 12.9. The van der Waals surface area contributed by atoms with E-state index in [4.69, 9.17) is 13.9 Å². The van der Waals surface area contributed by atoms with E-state index < -0.39 is 25.7 Å². The Kier molecular flexibility index (Phi) is 15.6. The summed E-state index contributed by atoms with van der Waals surface area (Å²) in [4.78, 5) is 25.7. The van der Waals surface area contributed by atoms with Gasteiger partial charge in [-0.1, -0.05) is 80.1 Å². The molecule has 0 aromatic carbocycles. The van der Waals surface area contributed by atoms with Gasteiger partial charge in [-0.3, -0.25) is 9.59 Å². The fourth-order valence-electron chi connectivity index (χ4n) is 4.02. The lowest BCUT2D eigenvalue weighted by atomic mass is 9.81. The Morgan fingerprint density at radius 1 is 0.848 bits per heavy atom. The summed E-state index contributed by atoms with van der Waals surface area (Å²) in [7, 11) is 0.688. The second kappa shape index (κ2) is 16.3. The average molecular weight is 483 g/mol. The maximum atomic E-state index is 12.9. The Morgan fingerprint density at radius 2 is 1.30 bits per heavy atom. The van der Waals surface area contributed by atoms with Gasteiger partial charge in [0.25, 0.3) is 0 Å². The zero-order chi connectivity index (χ0) is 25.4. The summed E-state index contributed by atoms with van der Waals surface area (Å²) in [6.45, 7) is 13.2. The summed E-state index contributed by atoms with van der Waals surface area (Å²) in [6, 6.07) is 3.42. The van der Waals surface area contributed by atoms with E-state index in [1.54, 1.807) is 6.08 Å². The van der Waals surface area contributed by atoms with E-state index in [0.717, 1.165) is 37.4 Å². The third kappa shape index (κ3) is 11.6. The quantitative estimate of drug-likeness (QED) is 0.0947. The number of rotatable bonds is 17. The lowest BCUT2D eigenvalue weighted by Gasteiger charge is -2.34. The van der Waals surface area contributed by atoms with E-state index in [1.165, 1.54) is 33.5 Å². The van der Waals surface area contributed by atoms with Crippen LogP contribution in [0.15, 0.2) is 17.9 Å². The van der Waals surface area contributed by atoms with Gasteiger partial charge < -0.3 is 13.9 Å². The van der Waals surface area contributed by atoms with Gasteiger partial charge in [-0.15, -0.1) is 5.73 Å². The Labute approximate surface area is 204 Å². The van der Waals surface area contributed by atoms with Crippen LogP contribution in [-0.4, -0.2) is 41.1 Å².